The molecule has 22 heavy (non-hydrogen) atoms. The third kappa shape index (κ3) is 1.67. The molecule has 0 radical (unpaired) electrons. The molecule has 3 aliphatic heterocycles. The Morgan fingerprint density at radius 3 is 2.32 bits per heavy atom. The van der Waals surface area contributed by atoms with Crippen molar-refractivity contribution in [3.63, 3.8) is 0 Å². The molecule has 3 heterocycles. The second kappa shape index (κ2) is 4.66. The first-order valence-electron chi connectivity index (χ1n) is 7.17. The van der Waals surface area contributed by atoms with Crippen molar-refractivity contribution in [2.45, 2.75) is 18.3 Å². The molecule has 110 valence electrons. The maximum absolute atomic E-state index is 6.22. The predicted octanol–water partition coefficient (Wildman–Crippen LogP) is 4.76. The third-order valence-electron chi connectivity index (χ3n) is 4.67. The second-order valence-corrected chi connectivity index (χ2v) is 7.52. The molecule has 2 aromatic carbocycles. The van der Waals surface area contributed by atoms with Crippen LogP contribution in [0.1, 0.15) is 28.9 Å². The highest BCUT2D eigenvalue weighted by Gasteiger charge is 2.58. The van der Waals surface area contributed by atoms with Crippen LogP contribution in [0.25, 0.3) is 0 Å². The fourth-order valence-electron chi connectivity index (χ4n) is 3.72. The van der Waals surface area contributed by atoms with Crippen molar-refractivity contribution in [3.05, 3.63) is 68.1 Å². The van der Waals surface area contributed by atoms with Crippen LogP contribution in [-0.4, -0.2) is 11.8 Å². The smallest absolute Gasteiger partial charge is 0.169 e. The summed E-state index contributed by atoms with van der Waals surface area (Å²) in [7, 11) is 0. The molecule has 0 aromatic heterocycles. The number of oxime groups is 1. The Balaban J connectivity index is 1.60. The molecule has 4 unspecified atom stereocenters. The average Bonchev–Trinajstić information content (AvgIpc) is 3.19. The van der Waals surface area contributed by atoms with E-state index in [-0.39, 0.29) is 24.2 Å². The van der Waals surface area contributed by atoms with E-state index in [4.69, 9.17) is 9.57 Å². The van der Waals surface area contributed by atoms with Crippen LogP contribution >= 0.6 is 31.9 Å². The summed E-state index contributed by atoms with van der Waals surface area (Å²) in [6.45, 7) is 0. The molecule has 0 amide bonds. The van der Waals surface area contributed by atoms with Gasteiger partial charge in [0, 0.05) is 8.95 Å². The molecule has 0 saturated carbocycles. The lowest BCUT2D eigenvalue weighted by Crippen LogP contribution is -2.29. The summed E-state index contributed by atoms with van der Waals surface area (Å²) >= 11 is 7.16. The van der Waals surface area contributed by atoms with Gasteiger partial charge in [0.1, 0.15) is 6.10 Å². The monoisotopic (exact) mass is 419 g/mol. The van der Waals surface area contributed by atoms with Gasteiger partial charge in [-0.1, -0.05) is 35.5 Å². The van der Waals surface area contributed by atoms with Gasteiger partial charge in [0.05, 0.1) is 17.7 Å². The first-order valence-corrected chi connectivity index (χ1v) is 8.76. The van der Waals surface area contributed by atoms with Gasteiger partial charge >= 0.3 is 0 Å². The highest BCUT2D eigenvalue weighted by Crippen LogP contribution is 2.58. The summed E-state index contributed by atoms with van der Waals surface area (Å²) in [4.78, 5) is 5.74. The lowest BCUT2D eigenvalue weighted by molar-refractivity contribution is -0.00579. The van der Waals surface area contributed by atoms with Gasteiger partial charge in [-0.3, -0.25) is 0 Å². The van der Waals surface area contributed by atoms with Crippen molar-refractivity contribution in [1.82, 2.24) is 0 Å². The van der Waals surface area contributed by atoms with Crippen molar-refractivity contribution in [1.29, 1.82) is 0 Å². The van der Waals surface area contributed by atoms with Gasteiger partial charge in [-0.05, 0) is 60.7 Å². The first-order chi connectivity index (χ1) is 10.7. The topological polar surface area (TPSA) is 30.8 Å². The summed E-state index contributed by atoms with van der Waals surface area (Å²) in [5.41, 5.74) is 4.58. The Bertz CT molecular complexity index is 806. The van der Waals surface area contributed by atoms with E-state index in [0.29, 0.717) is 0 Å². The van der Waals surface area contributed by atoms with Gasteiger partial charge in [0.2, 0.25) is 0 Å². The Labute approximate surface area is 144 Å². The minimum Gasteiger partial charge on any atom is -0.388 e. The number of hydrogen-bond acceptors (Lipinski definition) is 3. The molecule has 5 heteroatoms. The number of benzene rings is 2. The van der Waals surface area contributed by atoms with E-state index >= 15 is 0 Å². The molecule has 3 aliphatic rings. The van der Waals surface area contributed by atoms with Crippen LogP contribution < -0.4 is 0 Å². The summed E-state index contributed by atoms with van der Waals surface area (Å²) in [6.07, 6.45) is -0.0176. The summed E-state index contributed by atoms with van der Waals surface area (Å²) < 4.78 is 8.32. The van der Waals surface area contributed by atoms with Crippen molar-refractivity contribution in [3.8, 4) is 0 Å². The number of ether oxygens (including phenoxy) is 1. The van der Waals surface area contributed by atoms with E-state index in [1.54, 1.807) is 0 Å². The Morgan fingerprint density at radius 2 is 1.59 bits per heavy atom. The van der Waals surface area contributed by atoms with E-state index in [1.165, 1.54) is 11.1 Å². The molecule has 2 aromatic rings. The molecule has 3 nitrogen and oxygen atoms in total. The Kier molecular flexibility index (Phi) is 2.82. The van der Waals surface area contributed by atoms with Gasteiger partial charge in [-0.15, -0.1) is 0 Å². The molecule has 1 fully saturated rings. The van der Waals surface area contributed by atoms with E-state index in [9.17, 15) is 0 Å². The van der Waals surface area contributed by atoms with Crippen LogP contribution in [0.2, 0.25) is 0 Å². The lowest BCUT2D eigenvalue weighted by atomic mass is 9.78. The van der Waals surface area contributed by atoms with Crippen molar-refractivity contribution in [2.75, 3.05) is 0 Å². The third-order valence-corrected chi connectivity index (χ3v) is 6.51. The van der Waals surface area contributed by atoms with Crippen LogP contribution in [0.3, 0.4) is 0 Å². The van der Waals surface area contributed by atoms with Crippen LogP contribution in [0.4, 0.5) is 0 Å². The van der Waals surface area contributed by atoms with Gasteiger partial charge < -0.3 is 9.57 Å². The Morgan fingerprint density at radius 1 is 0.909 bits per heavy atom. The van der Waals surface area contributed by atoms with E-state index in [0.717, 1.165) is 20.2 Å². The molecule has 0 spiro atoms. The van der Waals surface area contributed by atoms with Crippen LogP contribution in [0.5, 0.6) is 0 Å². The number of hydrogen-bond donors (Lipinski definition) is 0. The predicted molar refractivity (Wildman–Crippen MR) is 89.8 cm³/mol. The molecule has 4 atom stereocenters. The number of fused-ring (bicyclic) bond motifs is 8. The zero-order valence-electron chi connectivity index (χ0n) is 11.4. The maximum atomic E-state index is 6.22. The van der Waals surface area contributed by atoms with Crippen LogP contribution in [0, 0.1) is 5.92 Å². The number of halogens is 2. The SMILES string of the molecule is Brc1cc2c(cc1Br)C1OC2C2ON=C(c3ccccc3)C12. The van der Waals surface area contributed by atoms with Crippen molar-refractivity contribution < 1.29 is 9.57 Å². The molecule has 5 rings (SSSR count). The molecular formula is C17H11Br2NO2. The molecule has 2 bridgehead atoms. The second-order valence-electron chi connectivity index (χ2n) is 5.81. The molecular weight excluding hydrogens is 410 g/mol. The van der Waals surface area contributed by atoms with E-state index < -0.39 is 0 Å². The first kappa shape index (κ1) is 13.3. The summed E-state index contributed by atoms with van der Waals surface area (Å²) in [6, 6.07) is 14.5. The quantitative estimate of drug-likeness (QED) is 0.666. The van der Waals surface area contributed by atoms with Crippen molar-refractivity contribution >= 4 is 37.6 Å². The van der Waals surface area contributed by atoms with Gasteiger partial charge in [-0.2, -0.15) is 0 Å². The molecule has 0 N–H and O–H groups in total. The average molecular weight is 421 g/mol. The van der Waals surface area contributed by atoms with Crippen LogP contribution in [0.15, 0.2) is 56.6 Å². The highest BCUT2D eigenvalue weighted by molar-refractivity contribution is 9.13. The standard InChI is InChI=1S/C17H11Br2NO2/c18-11-6-9-10(7-12(11)19)16-17-13(15(9)21-16)14(20-22-17)8-4-2-1-3-5-8/h1-7,13,15-17H. The minimum absolute atomic E-state index is 0.0132. The van der Waals surface area contributed by atoms with E-state index in [1.807, 2.05) is 18.2 Å². The number of nitrogens with zero attached hydrogens (tertiary/aromatic N) is 1. The van der Waals surface area contributed by atoms with Gasteiger partial charge in [-0.25, -0.2) is 0 Å². The summed E-state index contributed by atoms with van der Waals surface area (Å²) in [5.74, 6) is 0.174. The highest BCUT2D eigenvalue weighted by atomic mass is 79.9. The largest absolute Gasteiger partial charge is 0.388 e. The van der Waals surface area contributed by atoms with Gasteiger partial charge in [0.25, 0.3) is 0 Å². The van der Waals surface area contributed by atoms with Crippen LogP contribution in [-0.2, 0) is 9.57 Å². The van der Waals surface area contributed by atoms with E-state index in [2.05, 4.69) is 61.3 Å². The summed E-state index contributed by atoms with van der Waals surface area (Å²) in [5, 5.41) is 4.37. The maximum Gasteiger partial charge on any atom is 0.169 e. The minimum atomic E-state index is -0.0284. The normalized spacial score (nSPS) is 30.7. The number of rotatable bonds is 1. The Hall–Kier alpha value is -1.17. The fraction of sp³-hybridized carbons (Fsp3) is 0.235. The lowest BCUT2D eigenvalue weighted by Gasteiger charge is -2.23. The van der Waals surface area contributed by atoms with Gasteiger partial charge in [0.15, 0.2) is 6.10 Å². The van der Waals surface area contributed by atoms with Crippen molar-refractivity contribution in [2.24, 2.45) is 11.1 Å². The zero-order valence-corrected chi connectivity index (χ0v) is 14.5. The fourth-order valence-corrected chi connectivity index (χ4v) is 4.44. The zero-order chi connectivity index (χ0) is 14.8. The molecule has 1 saturated heterocycles. The molecule has 0 aliphatic carbocycles.